The zero-order valence-corrected chi connectivity index (χ0v) is 12.3. The molecule has 0 bridgehead atoms. The van der Waals surface area contributed by atoms with Gasteiger partial charge in [0.1, 0.15) is 0 Å². The monoisotopic (exact) mass is 274 g/mol. The van der Waals surface area contributed by atoms with E-state index in [1.54, 1.807) is 0 Å². The first-order valence-electron chi connectivity index (χ1n) is 7.87. The van der Waals surface area contributed by atoms with E-state index in [1.807, 2.05) is 6.07 Å². The Morgan fingerprint density at radius 3 is 2.65 bits per heavy atom. The van der Waals surface area contributed by atoms with E-state index in [9.17, 15) is 4.79 Å². The van der Waals surface area contributed by atoms with E-state index in [-0.39, 0.29) is 0 Å². The van der Waals surface area contributed by atoms with E-state index in [1.165, 1.54) is 5.56 Å². The van der Waals surface area contributed by atoms with Gasteiger partial charge in [0, 0.05) is 13.0 Å². The molecule has 3 nitrogen and oxygen atoms in total. The van der Waals surface area contributed by atoms with Gasteiger partial charge in [-0.25, -0.2) is 0 Å². The molecule has 1 aromatic rings. The second kappa shape index (κ2) is 8.05. The highest BCUT2D eigenvalue weighted by atomic mass is 16.2. The number of likely N-dealkylation sites (tertiary alicyclic amines) is 1. The van der Waals surface area contributed by atoms with Crippen molar-refractivity contribution in [3.8, 4) is 0 Å². The molecule has 1 fully saturated rings. The highest BCUT2D eigenvalue weighted by Gasteiger charge is 2.29. The van der Waals surface area contributed by atoms with Gasteiger partial charge < -0.3 is 10.6 Å². The van der Waals surface area contributed by atoms with Crippen molar-refractivity contribution in [3.05, 3.63) is 35.9 Å². The molecule has 1 heterocycles. The van der Waals surface area contributed by atoms with Crippen molar-refractivity contribution in [3.63, 3.8) is 0 Å². The summed E-state index contributed by atoms with van der Waals surface area (Å²) in [4.78, 5) is 14.4. The Morgan fingerprint density at radius 1 is 1.15 bits per heavy atom. The Hall–Kier alpha value is -1.35. The fraction of sp³-hybridized carbons (Fsp3) is 0.588. The minimum atomic E-state index is 0.299. The van der Waals surface area contributed by atoms with E-state index in [4.69, 9.17) is 5.73 Å². The number of hydrogen-bond acceptors (Lipinski definition) is 2. The minimum absolute atomic E-state index is 0.299. The van der Waals surface area contributed by atoms with Gasteiger partial charge in [0.2, 0.25) is 5.91 Å². The molecule has 1 unspecified atom stereocenters. The molecule has 3 heteroatoms. The summed E-state index contributed by atoms with van der Waals surface area (Å²) in [7, 11) is 0. The third-order valence-corrected chi connectivity index (χ3v) is 4.10. The molecule has 1 aliphatic rings. The molecule has 2 N–H and O–H groups in total. The topological polar surface area (TPSA) is 46.3 Å². The zero-order valence-electron chi connectivity index (χ0n) is 12.3. The van der Waals surface area contributed by atoms with E-state index < -0.39 is 0 Å². The molecule has 0 radical (unpaired) electrons. The lowest BCUT2D eigenvalue weighted by Gasteiger charge is -2.25. The van der Waals surface area contributed by atoms with Crippen LogP contribution in [0.1, 0.15) is 56.6 Å². The maximum Gasteiger partial charge on any atom is 0.223 e. The van der Waals surface area contributed by atoms with Crippen LogP contribution in [0.25, 0.3) is 0 Å². The molecule has 20 heavy (non-hydrogen) atoms. The lowest BCUT2D eigenvalue weighted by Crippen LogP contribution is -2.30. The van der Waals surface area contributed by atoms with Crippen LogP contribution in [0.2, 0.25) is 0 Å². The highest BCUT2D eigenvalue weighted by Crippen LogP contribution is 2.32. The lowest BCUT2D eigenvalue weighted by molar-refractivity contribution is -0.132. The van der Waals surface area contributed by atoms with Gasteiger partial charge in [0.25, 0.3) is 0 Å². The summed E-state index contributed by atoms with van der Waals surface area (Å²) in [6.45, 7) is 1.68. The molecular weight excluding hydrogens is 248 g/mol. The molecule has 110 valence electrons. The first-order chi connectivity index (χ1) is 9.83. The molecule has 1 amide bonds. The van der Waals surface area contributed by atoms with E-state index in [2.05, 4.69) is 29.2 Å². The SMILES string of the molecule is NCCCCCCC(=O)N1CCCC1c1ccccc1. The second-order valence-corrected chi connectivity index (χ2v) is 5.61. The van der Waals surface area contributed by atoms with Crippen molar-refractivity contribution in [2.75, 3.05) is 13.1 Å². The van der Waals surface area contributed by atoms with Crippen molar-refractivity contribution in [2.45, 2.75) is 51.0 Å². The molecule has 0 aromatic heterocycles. The van der Waals surface area contributed by atoms with E-state index in [0.717, 1.165) is 51.6 Å². The van der Waals surface area contributed by atoms with Crippen molar-refractivity contribution in [2.24, 2.45) is 5.73 Å². The zero-order chi connectivity index (χ0) is 14.2. The van der Waals surface area contributed by atoms with Gasteiger partial charge in [-0.1, -0.05) is 43.2 Å². The smallest absolute Gasteiger partial charge is 0.223 e. The average molecular weight is 274 g/mol. The van der Waals surface area contributed by atoms with Crippen molar-refractivity contribution in [1.29, 1.82) is 0 Å². The van der Waals surface area contributed by atoms with Gasteiger partial charge in [0.05, 0.1) is 6.04 Å². The Balaban J connectivity index is 1.83. The lowest BCUT2D eigenvalue weighted by atomic mass is 10.0. The third kappa shape index (κ3) is 4.07. The number of carbonyl (C=O) groups excluding carboxylic acids is 1. The number of nitrogens with zero attached hydrogens (tertiary/aromatic N) is 1. The fourth-order valence-electron chi connectivity index (χ4n) is 3.00. The number of carbonyl (C=O) groups is 1. The fourth-order valence-corrected chi connectivity index (χ4v) is 3.00. The Morgan fingerprint density at radius 2 is 1.90 bits per heavy atom. The summed E-state index contributed by atoms with van der Waals surface area (Å²) in [6.07, 6.45) is 7.25. The summed E-state index contributed by atoms with van der Waals surface area (Å²) in [5.41, 5.74) is 6.76. The van der Waals surface area contributed by atoms with Crippen LogP contribution in [-0.2, 0) is 4.79 Å². The number of hydrogen-bond donors (Lipinski definition) is 1. The summed E-state index contributed by atoms with van der Waals surface area (Å²) >= 11 is 0. The summed E-state index contributed by atoms with van der Waals surface area (Å²) < 4.78 is 0. The van der Waals surface area contributed by atoms with Gasteiger partial charge in [-0.3, -0.25) is 4.79 Å². The second-order valence-electron chi connectivity index (χ2n) is 5.61. The molecule has 1 saturated heterocycles. The Bertz CT molecular complexity index is 405. The van der Waals surface area contributed by atoms with Crippen LogP contribution in [0.4, 0.5) is 0 Å². The maximum absolute atomic E-state index is 12.4. The van der Waals surface area contributed by atoms with Gasteiger partial charge in [-0.2, -0.15) is 0 Å². The summed E-state index contributed by atoms with van der Waals surface area (Å²) in [5, 5.41) is 0. The van der Waals surface area contributed by atoms with Crippen LogP contribution >= 0.6 is 0 Å². The quantitative estimate of drug-likeness (QED) is 0.776. The van der Waals surface area contributed by atoms with Crippen LogP contribution in [0.3, 0.4) is 0 Å². The number of benzene rings is 1. The van der Waals surface area contributed by atoms with Crippen molar-refractivity contribution < 1.29 is 4.79 Å². The standard InChI is InChI=1S/C17H26N2O/c18-13-7-2-1-6-12-17(20)19-14-8-11-16(19)15-9-4-3-5-10-15/h3-5,9-10,16H,1-2,6-8,11-14,18H2. The third-order valence-electron chi connectivity index (χ3n) is 4.10. The summed E-state index contributed by atoms with van der Waals surface area (Å²) in [5.74, 6) is 0.323. The van der Waals surface area contributed by atoms with Gasteiger partial charge in [-0.05, 0) is 37.8 Å². The first kappa shape index (κ1) is 15.0. The van der Waals surface area contributed by atoms with Crippen molar-refractivity contribution >= 4 is 5.91 Å². The largest absolute Gasteiger partial charge is 0.336 e. The van der Waals surface area contributed by atoms with Gasteiger partial charge in [0.15, 0.2) is 0 Å². The van der Waals surface area contributed by atoms with Gasteiger partial charge in [-0.15, -0.1) is 0 Å². The Kier molecular flexibility index (Phi) is 6.06. The Labute approximate surface area is 122 Å². The summed E-state index contributed by atoms with van der Waals surface area (Å²) in [6, 6.07) is 10.7. The highest BCUT2D eigenvalue weighted by molar-refractivity contribution is 5.77. The molecule has 0 saturated carbocycles. The number of amides is 1. The van der Waals surface area contributed by atoms with Crippen LogP contribution < -0.4 is 5.73 Å². The minimum Gasteiger partial charge on any atom is -0.336 e. The predicted octanol–water partition coefficient (Wildman–Crippen LogP) is 3.26. The number of nitrogens with two attached hydrogens (primary N) is 1. The van der Waals surface area contributed by atoms with E-state index >= 15 is 0 Å². The van der Waals surface area contributed by atoms with Gasteiger partial charge >= 0.3 is 0 Å². The molecule has 2 rings (SSSR count). The molecule has 0 spiro atoms. The first-order valence-corrected chi connectivity index (χ1v) is 7.87. The van der Waals surface area contributed by atoms with Crippen LogP contribution in [0.5, 0.6) is 0 Å². The molecule has 1 aromatic carbocycles. The molecule has 1 atom stereocenters. The average Bonchev–Trinajstić information content (AvgIpc) is 2.97. The normalized spacial score (nSPS) is 18.4. The number of rotatable bonds is 7. The molecule has 1 aliphatic heterocycles. The maximum atomic E-state index is 12.4. The number of unbranched alkanes of at least 4 members (excludes halogenated alkanes) is 3. The molecule has 0 aliphatic carbocycles. The van der Waals surface area contributed by atoms with Crippen LogP contribution in [0.15, 0.2) is 30.3 Å². The van der Waals surface area contributed by atoms with E-state index in [0.29, 0.717) is 18.4 Å². The molecular formula is C17H26N2O. The van der Waals surface area contributed by atoms with Crippen LogP contribution in [0, 0.1) is 0 Å². The van der Waals surface area contributed by atoms with Crippen LogP contribution in [-0.4, -0.2) is 23.9 Å². The predicted molar refractivity (Wildman–Crippen MR) is 82.3 cm³/mol. The van der Waals surface area contributed by atoms with Crippen molar-refractivity contribution in [1.82, 2.24) is 4.90 Å².